The van der Waals surface area contributed by atoms with Gasteiger partial charge in [0.15, 0.2) is 0 Å². The molecular formula is C13H19N3O4S. The Balaban J connectivity index is 2.33. The van der Waals surface area contributed by atoms with Crippen LogP contribution >= 0.6 is 0 Å². The smallest absolute Gasteiger partial charge is 0.292 e. The maximum absolute atomic E-state index is 12.7. The SMILES string of the molecule is CCCCN(C1CC1)S(=O)(=O)c1ccc([N+](=O)[O-])c(N)c1. The maximum atomic E-state index is 12.7. The summed E-state index contributed by atoms with van der Waals surface area (Å²) in [7, 11) is -3.64. The van der Waals surface area contributed by atoms with Gasteiger partial charge in [-0.2, -0.15) is 4.31 Å². The fourth-order valence-electron chi connectivity index (χ4n) is 2.17. The third-order valence-corrected chi connectivity index (χ3v) is 5.44. The van der Waals surface area contributed by atoms with Crippen molar-refractivity contribution in [3.63, 3.8) is 0 Å². The summed E-state index contributed by atoms with van der Waals surface area (Å²) in [5.41, 5.74) is 5.18. The predicted molar refractivity (Wildman–Crippen MR) is 79.3 cm³/mol. The van der Waals surface area contributed by atoms with E-state index in [1.807, 2.05) is 6.92 Å². The van der Waals surface area contributed by atoms with Gasteiger partial charge in [-0.3, -0.25) is 10.1 Å². The molecular weight excluding hydrogens is 294 g/mol. The van der Waals surface area contributed by atoms with Gasteiger partial charge in [-0.1, -0.05) is 13.3 Å². The minimum Gasteiger partial charge on any atom is -0.393 e. The summed E-state index contributed by atoms with van der Waals surface area (Å²) >= 11 is 0. The van der Waals surface area contributed by atoms with E-state index in [1.54, 1.807) is 0 Å². The van der Waals surface area contributed by atoms with Crippen LogP contribution in [0.15, 0.2) is 23.1 Å². The average Bonchev–Trinajstić information content (AvgIpc) is 3.23. The van der Waals surface area contributed by atoms with Crippen LogP contribution in [0.3, 0.4) is 0 Å². The van der Waals surface area contributed by atoms with Crippen molar-refractivity contribution in [3.05, 3.63) is 28.3 Å². The van der Waals surface area contributed by atoms with Gasteiger partial charge < -0.3 is 5.73 Å². The van der Waals surface area contributed by atoms with Gasteiger partial charge in [-0.15, -0.1) is 0 Å². The molecule has 116 valence electrons. The molecule has 0 spiro atoms. The summed E-state index contributed by atoms with van der Waals surface area (Å²) in [4.78, 5) is 10.1. The van der Waals surface area contributed by atoms with Crippen molar-refractivity contribution in [1.29, 1.82) is 0 Å². The molecule has 21 heavy (non-hydrogen) atoms. The van der Waals surface area contributed by atoms with Crippen LogP contribution in [-0.2, 0) is 10.0 Å². The number of rotatable bonds is 7. The van der Waals surface area contributed by atoms with Gasteiger partial charge in [0.05, 0.1) is 9.82 Å². The first-order valence-electron chi connectivity index (χ1n) is 6.93. The fraction of sp³-hybridized carbons (Fsp3) is 0.538. The summed E-state index contributed by atoms with van der Waals surface area (Å²) in [6, 6.07) is 3.63. The van der Waals surface area contributed by atoms with Crippen LogP contribution in [0, 0.1) is 10.1 Å². The van der Waals surface area contributed by atoms with E-state index in [4.69, 9.17) is 5.73 Å². The van der Waals surface area contributed by atoms with Crippen molar-refractivity contribution >= 4 is 21.4 Å². The first-order valence-corrected chi connectivity index (χ1v) is 8.37. The molecule has 0 atom stereocenters. The van der Waals surface area contributed by atoms with E-state index < -0.39 is 14.9 Å². The second-order valence-corrected chi connectivity index (χ2v) is 7.07. The molecule has 0 saturated heterocycles. The minimum absolute atomic E-state index is 0.0219. The van der Waals surface area contributed by atoms with Crippen LogP contribution in [0.1, 0.15) is 32.6 Å². The molecule has 1 fully saturated rings. The predicted octanol–water partition coefficient (Wildman–Crippen LogP) is 2.13. The molecule has 0 heterocycles. The Hall–Kier alpha value is -1.67. The highest BCUT2D eigenvalue weighted by Crippen LogP contribution is 2.34. The third-order valence-electron chi connectivity index (χ3n) is 3.49. The second-order valence-electron chi connectivity index (χ2n) is 5.18. The number of hydrogen-bond donors (Lipinski definition) is 1. The van der Waals surface area contributed by atoms with Crippen molar-refractivity contribution in [1.82, 2.24) is 4.31 Å². The van der Waals surface area contributed by atoms with E-state index in [0.717, 1.165) is 31.7 Å². The van der Waals surface area contributed by atoms with E-state index >= 15 is 0 Å². The molecule has 8 heteroatoms. The van der Waals surface area contributed by atoms with Gasteiger partial charge in [-0.05, 0) is 31.4 Å². The molecule has 0 unspecified atom stereocenters. The van der Waals surface area contributed by atoms with Gasteiger partial charge in [-0.25, -0.2) is 8.42 Å². The number of nitro groups is 1. The Kier molecular flexibility index (Phi) is 4.48. The highest BCUT2D eigenvalue weighted by molar-refractivity contribution is 7.89. The quantitative estimate of drug-likeness (QED) is 0.471. The molecule has 1 aromatic carbocycles. The number of nitro benzene ring substituents is 1. The van der Waals surface area contributed by atoms with Crippen LogP contribution < -0.4 is 5.73 Å². The first-order chi connectivity index (χ1) is 9.87. The first kappa shape index (κ1) is 15.7. The van der Waals surface area contributed by atoms with Crippen molar-refractivity contribution in [2.75, 3.05) is 12.3 Å². The lowest BCUT2D eigenvalue weighted by molar-refractivity contribution is -0.383. The standard InChI is InChI=1S/C13H19N3O4S/c1-2-3-8-15(10-4-5-10)21(19,20)11-6-7-13(16(17)18)12(14)9-11/h6-7,9-10H,2-5,8,14H2,1H3. The highest BCUT2D eigenvalue weighted by atomic mass is 32.2. The lowest BCUT2D eigenvalue weighted by atomic mass is 10.3. The lowest BCUT2D eigenvalue weighted by Crippen LogP contribution is -2.34. The van der Waals surface area contributed by atoms with Gasteiger partial charge in [0, 0.05) is 18.7 Å². The zero-order chi connectivity index (χ0) is 15.6. The number of nitrogens with two attached hydrogens (primary N) is 1. The number of sulfonamides is 1. The van der Waals surface area contributed by atoms with Gasteiger partial charge in [0.2, 0.25) is 10.0 Å². The maximum Gasteiger partial charge on any atom is 0.292 e. The van der Waals surface area contributed by atoms with Crippen molar-refractivity contribution in [2.24, 2.45) is 0 Å². The molecule has 0 aromatic heterocycles. The van der Waals surface area contributed by atoms with E-state index in [9.17, 15) is 18.5 Å². The van der Waals surface area contributed by atoms with Crippen LogP contribution in [0.2, 0.25) is 0 Å². The number of unbranched alkanes of at least 4 members (excludes halogenated alkanes) is 1. The molecule has 0 amide bonds. The van der Waals surface area contributed by atoms with E-state index in [2.05, 4.69) is 0 Å². The minimum atomic E-state index is -3.64. The Morgan fingerprint density at radius 1 is 1.43 bits per heavy atom. The molecule has 7 nitrogen and oxygen atoms in total. The molecule has 1 aliphatic carbocycles. The van der Waals surface area contributed by atoms with Crippen LogP contribution in [0.4, 0.5) is 11.4 Å². The molecule has 0 radical (unpaired) electrons. The number of hydrogen-bond acceptors (Lipinski definition) is 5. The number of anilines is 1. The highest BCUT2D eigenvalue weighted by Gasteiger charge is 2.37. The second kappa shape index (κ2) is 5.98. The summed E-state index contributed by atoms with van der Waals surface area (Å²) in [5, 5.41) is 10.7. The Bertz CT molecular complexity index is 641. The van der Waals surface area contributed by atoms with Gasteiger partial charge in [0.25, 0.3) is 5.69 Å². The molecule has 2 rings (SSSR count). The zero-order valence-electron chi connectivity index (χ0n) is 11.9. The Morgan fingerprint density at radius 3 is 2.57 bits per heavy atom. The zero-order valence-corrected chi connectivity index (χ0v) is 12.7. The van der Waals surface area contributed by atoms with Crippen molar-refractivity contribution < 1.29 is 13.3 Å². The average molecular weight is 313 g/mol. The van der Waals surface area contributed by atoms with E-state index in [-0.39, 0.29) is 22.3 Å². The summed E-state index contributed by atoms with van der Waals surface area (Å²) in [6.07, 6.45) is 3.43. The summed E-state index contributed by atoms with van der Waals surface area (Å²) < 4.78 is 26.8. The van der Waals surface area contributed by atoms with Crippen LogP contribution in [0.25, 0.3) is 0 Å². The molecule has 0 bridgehead atoms. The molecule has 2 N–H and O–H groups in total. The van der Waals surface area contributed by atoms with Crippen LogP contribution in [0.5, 0.6) is 0 Å². The Labute approximate surface area is 123 Å². The monoisotopic (exact) mass is 313 g/mol. The topological polar surface area (TPSA) is 107 Å². The van der Waals surface area contributed by atoms with Crippen molar-refractivity contribution in [3.8, 4) is 0 Å². The molecule has 0 aliphatic heterocycles. The van der Waals surface area contributed by atoms with Gasteiger partial charge >= 0.3 is 0 Å². The van der Waals surface area contributed by atoms with E-state index in [1.165, 1.54) is 16.4 Å². The largest absolute Gasteiger partial charge is 0.393 e. The van der Waals surface area contributed by atoms with Crippen LogP contribution in [-0.4, -0.2) is 30.2 Å². The Morgan fingerprint density at radius 2 is 2.10 bits per heavy atom. The summed E-state index contributed by atoms with van der Waals surface area (Å²) in [6.45, 7) is 2.47. The third kappa shape index (κ3) is 3.33. The molecule has 1 saturated carbocycles. The van der Waals surface area contributed by atoms with E-state index in [0.29, 0.717) is 6.54 Å². The number of benzene rings is 1. The molecule has 1 aromatic rings. The van der Waals surface area contributed by atoms with Gasteiger partial charge in [0.1, 0.15) is 5.69 Å². The number of nitrogens with zero attached hydrogens (tertiary/aromatic N) is 2. The van der Waals surface area contributed by atoms with Crippen molar-refractivity contribution in [2.45, 2.75) is 43.5 Å². The summed E-state index contributed by atoms with van der Waals surface area (Å²) in [5.74, 6) is 0. The molecule has 1 aliphatic rings. The lowest BCUT2D eigenvalue weighted by Gasteiger charge is -2.21. The normalized spacial score (nSPS) is 15.3. The number of nitrogen functional groups attached to an aromatic ring is 1. The fourth-order valence-corrected chi connectivity index (χ4v) is 3.93.